The van der Waals surface area contributed by atoms with Gasteiger partial charge in [-0.3, -0.25) is 0 Å². The summed E-state index contributed by atoms with van der Waals surface area (Å²) in [6.45, 7) is 5.09. The predicted octanol–water partition coefficient (Wildman–Crippen LogP) is 1.45. The fourth-order valence-corrected chi connectivity index (χ4v) is 1.39. The summed E-state index contributed by atoms with van der Waals surface area (Å²) in [4.78, 5) is 0. The Morgan fingerprint density at radius 1 is 1.50 bits per heavy atom. The van der Waals surface area contributed by atoms with Crippen molar-refractivity contribution in [1.29, 1.82) is 0 Å². The van der Waals surface area contributed by atoms with Gasteiger partial charge in [-0.05, 0) is 19.3 Å². The zero-order chi connectivity index (χ0) is 7.56. The molecule has 0 aliphatic carbocycles. The molecule has 10 heavy (non-hydrogen) atoms. The van der Waals surface area contributed by atoms with Gasteiger partial charge in [0.05, 0.1) is 18.8 Å². The van der Waals surface area contributed by atoms with Crippen LogP contribution in [0.5, 0.6) is 0 Å². The molecule has 1 aliphatic heterocycles. The fourth-order valence-electron chi connectivity index (χ4n) is 1.39. The first kappa shape index (κ1) is 8.02. The van der Waals surface area contributed by atoms with Crippen LogP contribution in [0, 0.1) is 5.92 Å². The highest BCUT2D eigenvalue weighted by Gasteiger charge is 2.28. The lowest BCUT2D eigenvalue weighted by molar-refractivity contribution is 0.00175. The van der Waals surface area contributed by atoms with Gasteiger partial charge in [0, 0.05) is 7.11 Å². The van der Waals surface area contributed by atoms with Crippen LogP contribution in [-0.4, -0.2) is 25.9 Å². The van der Waals surface area contributed by atoms with Crippen molar-refractivity contribution in [3.63, 3.8) is 0 Å². The van der Waals surface area contributed by atoms with Crippen LogP contribution in [0.4, 0.5) is 0 Å². The first-order valence-corrected chi connectivity index (χ1v) is 3.88. The Balaban J connectivity index is 2.27. The smallest absolute Gasteiger partial charge is 0.0815 e. The van der Waals surface area contributed by atoms with Gasteiger partial charge in [-0.25, -0.2) is 0 Å². The average molecular weight is 144 g/mol. The minimum absolute atomic E-state index is 0.343. The molecular formula is C8H16O2. The molecule has 0 unspecified atom stereocenters. The van der Waals surface area contributed by atoms with Gasteiger partial charge in [-0.1, -0.05) is 6.92 Å². The molecule has 0 amide bonds. The Bertz CT molecular complexity index is 93.4. The predicted molar refractivity (Wildman–Crippen MR) is 40.0 cm³/mol. The summed E-state index contributed by atoms with van der Waals surface area (Å²) < 4.78 is 10.6. The maximum atomic E-state index is 5.59. The Labute approximate surface area is 62.5 Å². The van der Waals surface area contributed by atoms with Gasteiger partial charge in [0.15, 0.2) is 0 Å². The van der Waals surface area contributed by atoms with Crippen LogP contribution >= 0.6 is 0 Å². The van der Waals surface area contributed by atoms with Crippen LogP contribution in [0.1, 0.15) is 20.3 Å². The van der Waals surface area contributed by atoms with Crippen molar-refractivity contribution >= 4 is 0 Å². The zero-order valence-electron chi connectivity index (χ0n) is 6.96. The third-order valence-corrected chi connectivity index (χ3v) is 2.20. The summed E-state index contributed by atoms with van der Waals surface area (Å²) in [5.41, 5.74) is 0. The molecule has 1 fully saturated rings. The minimum Gasteiger partial charge on any atom is -0.382 e. The normalized spacial score (nSPS) is 40.5. The van der Waals surface area contributed by atoms with Crippen LogP contribution in [0.25, 0.3) is 0 Å². The van der Waals surface area contributed by atoms with Gasteiger partial charge < -0.3 is 9.47 Å². The largest absolute Gasteiger partial charge is 0.382 e. The van der Waals surface area contributed by atoms with E-state index in [4.69, 9.17) is 9.47 Å². The van der Waals surface area contributed by atoms with Gasteiger partial charge in [0.1, 0.15) is 0 Å². The molecule has 1 saturated heterocycles. The van der Waals surface area contributed by atoms with E-state index in [1.165, 1.54) is 0 Å². The van der Waals surface area contributed by atoms with Gasteiger partial charge >= 0.3 is 0 Å². The summed E-state index contributed by atoms with van der Waals surface area (Å²) in [5.74, 6) is 0.695. The summed E-state index contributed by atoms with van der Waals surface area (Å²) in [6.07, 6.45) is 1.91. The quantitative estimate of drug-likeness (QED) is 0.584. The van der Waals surface area contributed by atoms with E-state index < -0.39 is 0 Å². The molecule has 0 aromatic carbocycles. The SMILES string of the molecule is COC[C@@H]1C[C@H](C)[C@H](C)O1. The monoisotopic (exact) mass is 144 g/mol. The highest BCUT2D eigenvalue weighted by molar-refractivity contribution is 4.76. The van der Waals surface area contributed by atoms with E-state index in [9.17, 15) is 0 Å². The number of ether oxygens (including phenoxy) is 2. The zero-order valence-corrected chi connectivity index (χ0v) is 6.96. The lowest BCUT2D eigenvalue weighted by Gasteiger charge is -2.08. The van der Waals surface area contributed by atoms with Crippen molar-refractivity contribution in [3.05, 3.63) is 0 Å². The van der Waals surface area contributed by atoms with Crippen molar-refractivity contribution in [2.45, 2.75) is 32.5 Å². The van der Waals surface area contributed by atoms with E-state index in [2.05, 4.69) is 13.8 Å². The van der Waals surface area contributed by atoms with Crippen LogP contribution in [-0.2, 0) is 9.47 Å². The topological polar surface area (TPSA) is 18.5 Å². The minimum atomic E-state index is 0.343. The maximum Gasteiger partial charge on any atom is 0.0815 e. The molecule has 0 aromatic rings. The molecular weight excluding hydrogens is 128 g/mol. The molecule has 0 bridgehead atoms. The molecule has 0 spiro atoms. The summed E-state index contributed by atoms with van der Waals surface area (Å²) >= 11 is 0. The van der Waals surface area contributed by atoms with Crippen molar-refractivity contribution in [2.24, 2.45) is 5.92 Å². The van der Waals surface area contributed by atoms with Crippen LogP contribution in [0.15, 0.2) is 0 Å². The van der Waals surface area contributed by atoms with E-state index >= 15 is 0 Å². The molecule has 0 saturated carbocycles. The van der Waals surface area contributed by atoms with E-state index in [1.54, 1.807) is 7.11 Å². The molecule has 2 nitrogen and oxygen atoms in total. The highest BCUT2D eigenvalue weighted by Crippen LogP contribution is 2.25. The van der Waals surface area contributed by atoms with E-state index in [1.807, 2.05) is 0 Å². The standard InChI is InChI=1S/C8H16O2/c1-6-4-8(5-9-3)10-7(6)2/h6-8H,4-5H2,1-3H3/t6-,7-,8-/m0/s1. The molecule has 3 atom stereocenters. The van der Waals surface area contributed by atoms with Gasteiger partial charge in [0.25, 0.3) is 0 Å². The average Bonchev–Trinajstić information content (AvgIpc) is 2.14. The Kier molecular flexibility index (Phi) is 2.69. The molecule has 1 aliphatic rings. The van der Waals surface area contributed by atoms with Crippen LogP contribution < -0.4 is 0 Å². The number of rotatable bonds is 2. The molecule has 0 aromatic heterocycles. The van der Waals surface area contributed by atoms with Crippen LogP contribution in [0.3, 0.4) is 0 Å². The Morgan fingerprint density at radius 3 is 2.60 bits per heavy atom. The lowest BCUT2D eigenvalue weighted by atomic mass is 10.0. The van der Waals surface area contributed by atoms with Crippen molar-refractivity contribution in [1.82, 2.24) is 0 Å². The number of hydrogen-bond donors (Lipinski definition) is 0. The maximum absolute atomic E-state index is 5.59. The number of methoxy groups -OCH3 is 1. The fraction of sp³-hybridized carbons (Fsp3) is 1.00. The summed E-state index contributed by atoms with van der Waals surface area (Å²) in [6, 6.07) is 0. The van der Waals surface area contributed by atoms with Gasteiger partial charge in [-0.15, -0.1) is 0 Å². The van der Waals surface area contributed by atoms with Crippen molar-refractivity contribution in [3.8, 4) is 0 Å². The third-order valence-electron chi connectivity index (χ3n) is 2.20. The molecule has 2 heteroatoms. The Hall–Kier alpha value is -0.0800. The molecule has 60 valence electrons. The second kappa shape index (κ2) is 3.35. The first-order valence-electron chi connectivity index (χ1n) is 3.88. The van der Waals surface area contributed by atoms with E-state index in [-0.39, 0.29) is 0 Å². The van der Waals surface area contributed by atoms with Crippen molar-refractivity contribution < 1.29 is 9.47 Å². The molecule has 0 N–H and O–H groups in total. The summed E-state index contributed by atoms with van der Waals surface area (Å²) in [7, 11) is 1.72. The summed E-state index contributed by atoms with van der Waals surface area (Å²) in [5, 5.41) is 0. The van der Waals surface area contributed by atoms with Crippen molar-refractivity contribution in [2.75, 3.05) is 13.7 Å². The second-order valence-electron chi connectivity index (χ2n) is 3.13. The van der Waals surface area contributed by atoms with Crippen LogP contribution in [0.2, 0.25) is 0 Å². The molecule has 1 heterocycles. The molecule has 0 radical (unpaired) electrons. The molecule has 1 rings (SSSR count). The van der Waals surface area contributed by atoms with E-state index in [0.29, 0.717) is 18.1 Å². The lowest BCUT2D eigenvalue weighted by Crippen LogP contribution is -2.14. The third kappa shape index (κ3) is 1.70. The number of hydrogen-bond acceptors (Lipinski definition) is 2. The highest BCUT2D eigenvalue weighted by atomic mass is 16.5. The second-order valence-corrected chi connectivity index (χ2v) is 3.13. The first-order chi connectivity index (χ1) is 4.74. The van der Waals surface area contributed by atoms with E-state index in [0.717, 1.165) is 13.0 Å². The Morgan fingerprint density at radius 2 is 2.20 bits per heavy atom. The van der Waals surface area contributed by atoms with Gasteiger partial charge in [0.2, 0.25) is 0 Å². The van der Waals surface area contributed by atoms with Gasteiger partial charge in [-0.2, -0.15) is 0 Å².